The van der Waals surface area contributed by atoms with E-state index in [0.717, 1.165) is 42.4 Å². The number of hydrogen-bond acceptors (Lipinski definition) is 5. The number of rotatable bonds is 7. The maximum absolute atomic E-state index is 12.2. The third-order valence-electron chi connectivity index (χ3n) is 7.01. The van der Waals surface area contributed by atoms with Crippen LogP contribution in [-0.4, -0.2) is 35.2 Å². The van der Waals surface area contributed by atoms with Crippen LogP contribution in [-0.2, 0) is 0 Å². The number of aromatic nitrogens is 2. The minimum absolute atomic E-state index is 0.0428. The molecule has 1 heterocycles. The van der Waals surface area contributed by atoms with E-state index >= 15 is 0 Å². The summed E-state index contributed by atoms with van der Waals surface area (Å²) < 4.78 is 11.9. The smallest absolute Gasteiger partial charge is 0.252 e. The van der Waals surface area contributed by atoms with Crippen molar-refractivity contribution in [2.45, 2.75) is 37.7 Å². The third kappa shape index (κ3) is 3.61. The van der Waals surface area contributed by atoms with Crippen molar-refractivity contribution < 1.29 is 19.1 Å². The number of H-pyrrole nitrogens is 1. The Bertz CT molecular complexity index is 1210. The molecule has 8 nitrogen and oxygen atoms in total. The van der Waals surface area contributed by atoms with Gasteiger partial charge >= 0.3 is 0 Å². The third-order valence-corrected chi connectivity index (χ3v) is 7.01. The van der Waals surface area contributed by atoms with Crippen LogP contribution in [0.2, 0.25) is 0 Å². The highest BCUT2D eigenvalue weighted by atomic mass is 16.5. The van der Waals surface area contributed by atoms with Gasteiger partial charge in [0, 0.05) is 28.5 Å². The van der Waals surface area contributed by atoms with E-state index in [1.165, 1.54) is 0 Å². The number of benzene rings is 2. The predicted octanol–water partition coefficient (Wildman–Crippen LogP) is 3.39. The summed E-state index contributed by atoms with van der Waals surface area (Å²) in [6.07, 6.45) is 7.21. The second-order valence-electron chi connectivity index (χ2n) is 9.07. The maximum Gasteiger partial charge on any atom is 0.252 e. The Morgan fingerprint density at radius 1 is 1.03 bits per heavy atom. The molecule has 0 saturated heterocycles. The molecule has 5 rings (SSSR count). The van der Waals surface area contributed by atoms with E-state index in [1.807, 2.05) is 12.1 Å². The predicted molar refractivity (Wildman–Crippen MR) is 122 cm³/mol. The van der Waals surface area contributed by atoms with Gasteiger partial charge in [0.15, 0.2) is 0 Å². The molecule has 33 heavy (non-hydrogen) atoms. The summed E-state index contributed by atoms with van der Waals surface area (Å²) in [5.41, 5.74) is 14.9. The summed E-state index contributed by atoms with van der Waals surface area (Å²) in [5, 5.41) is 6.85. The number of carbonyl (C=O) groups is 2. The summed E-state index contributed by atoms with van der Waals surface area (Å²) in [6.45, 7) is 0. The first-order valence-electron chi connectivity index (χ1n) is 11.0. The quantitative estimate of drug-likeness (QED) is 0.512. The second kappa shape index (κ2) is 7.95. The van der Waals surface area contributed by atoms with Gasteiger partial charge in [-0.15, -0.1) is 0 Å². The Morgan fingerprint density at radius 2 is 1.76 bits per heavy atom. The molecule has 1 spiro atoms. The lowest BCUT2D eigenvalue weighted by Crippen LogP contribution is -2.51. The van der Waals surface area contributed by atoms with E-state index < -0.39 is 11.8 Å². The molecular weight excluding hydrogens is 420 g/mol. The highest BCUT2D eigenvalue weighted by molar-refractivity contribution is 5.97. The number of amides is 2. The fourth-order valence-electron chi connectivity index (χ4n) is 5.53. The molecule has 170 valence electrons. The number of nitrogens with one attached hydrogen (secondary N) is 1. The highest BCUT2D eigenvalue weighted by Crippen LogP contribution is 2.64. The van der Waals surface area contributed by atoms with Gasteiger partial charge in [-0.1, -0.05) is 12.1 Å². The summed E-state index contributed by atoms with van der Waals surface area (Å²) in [6, 6.07) is 10.7. The standard InChI is InChI=1S/C25H26N4O4/c1-32-22-17(15-12-28-29-13-15)6-7-19(24(27)31)21(22)14-8-25(9-14)10-16(11-25)33-20-5-3-2-4-18(20)23(26)30/h2-7,12-14,16H,8-11H2,1H3,(H2,26,30)(H2,27,31)(H,28,29). The molecule has 1 aromatic heterocycles. The molecular formula is C25H26N4O4. The van der Waals surface area contributed by atoms with Crippen LogP contribution in [0.25, 0.3) is 11.1 Å². The van der Waals surface area contributed by atoms with Crippen LogP contribution in [0.15, 0.2) is 48.8 Å². The minimum Gasteiger partial charge on any atom is -0.496 e. The Hall–Kier alpha value is -3.81. The Morgan fingerprint density at radius 3 is 2.39 bits per heavy atom. The lowest BCUT2D eigenvalue weighted by Gasteiger charge is -2.57. The normalized spacial score (nSPS) is 23.4. The van der Waals surface area contributed by atoms with Crippen LogP contribution in [0.4, 0.5) is 0 Å². The van der Waals surface area contributed by atoms with Gasteiger partial charge in [0.25, 0.3) is 5.91 Å². The molecule has 8 heteroatoms. The van der Waals surface area contributed by atoms with Crippen LogP contribution in [0, 0.1) is 5.41 Å². The van der Waals surface area contributed by atoms with Gasteiger partial charge in [-0.25, -0.2) is 0 Å². The molecule has 2 aromatic carbocycles. The molecule has 0 unspecified atom stereocenters. The summed E-state index contributed by atoms with van der Waals surface area (Å²) in [7, 11) is 1.62. The van der Waals surface area contributed by atoms with Crippen LogP contribution in [0.1, 0.15) is 57.9 Å². The first-order chi connectivity index (χ1) is 15.9. The maximum atomic E-state index is 12.2. The summed E-state index contributed by atoms with van der Waals surface area (Å²) >= 11 is 0. The van der Waals surface area contributed by atoms with Crippen molar-refractivity contribution in [2.24, 2.45) is 16.9 Å². The molecule has 2 saturated carbocycles. The van der Waals surface area contributed by atoms with E-state index in [2.05, 4.69) is 10.2 Å². The molecule has 0 aliphatic heterocycles. The van der Waals surface area contributed by atoms with E-state index in [1.54, 1.807) is 43.8 Å². The number of aromatic amines is 1. The average Bonchev–Trinajstić information content (AvgIpc) is 3.28. The lowest BCUT2D eigenvalue weighted by molar-refractivity contribution is -0.0808. The lowest BCUT2D eigenvalue weighted by atomic mass is 9.49. The van der Waals surface area contributed by atoms with E-state index in [9.17, 15) is 9.59 Å². The highest BCUT2D eigenvalue weighted by Gasteiger charge is 2.55. The first kappa shape index (κ1) is 21.1. The molecule has 5 N–H and O–H groups in total. The Kier molecular flexibility index (Phi) is 5.08. The molecule has 2 fully saturated rings. The van der Waals surface area contributed by atoms with Gasteiger partial charge in [0.1, 0.15) is 11.5 Å². The zero-order valence-corrected chi connectivity index (χ0v) is 18.3. The Labute approximate surface area is 191 Å². The molecule has 2 amide bonds. The molecule has 0 atom stereocenters. The SMILES string of the molecule is COc1c(-c2cn[nH]c2)ccc(C(N)=O)c1C1CC2(CC(Oc3ccccc3C(N)=O)C2)C1. The van der Waals surface area contributed by atoms with Gasteiger partial charge in [-0.3, -0.25) is 14.7 Å². The van der Waals surface area contributed by atoms with Crippen LogP contribution in [0.5, 0.6) is 11.5 Å². The molecule has 0 bridgehead atoms. The molecule has 2 aliphatic carbocycles. The van der Waals surface area contributed by atoms with Crippen LogP contribution in [0.3, 0.4) is 0 Å². The van der Waals surface area contributed by atoms with E-state index in [-0.39, 0.29) is 17.4 Å². The monoisotopic (exact) mass is 446 g/mol. The second-order valence-corrected chi connectivity index (χ2v) is 9.07. The fraction of sp³-hybridized carbons (Fsp3) is 0.320. The number of carbonyl (C=O) groups excluding carboxylic acids is 2. The number of ether oxygens (including phenoxy) is 2. The van der Waals surface area contributed by atoms with Crippen molar-refractivity contribution in [2.75, 3.05) is 7.11 Å². The van der Waals surface area contributed by atoms with Crippen LogP contribution >= 0.6 is 0 Å². The molecule has 0 radical (unpaired) electrons. The number of hydrogen-bond donors (Lipinski definition) is 3. The number of methoxy groups -OCH3 is 1. The first-order valence-corrected chi connectivity index (χ1v) is 11.0. The van der Waals surface area contributed by atoms with Gasteiger partial charge in [-0.2, -0.15) is 5.10 Å². The van der Waals surface area contributed by atoms with Crippen molar-refractivity contribution in [1.29, 1.82) is 0 Å². The van der Waals surface area contributed by atoms with Crippen molar-refractivity contribution in [3.05, 3.63) is 65.5 Å². The van der Waals surface area contributed by atoms with Crippen molar-refractivity contribution >= 4 is 11.8 Å². The number of nitrogens with zero attached hydrogens (tertiary/aromatic N) is 1. The number of primary amides is 2. The number of para-hydroxylation sites is 1. The van der Waals surface area contributed by atoms with Gasteiger partial charge in [-0.05, 0) is 61.3 Å². The largest absolute Gasteiger partial charge is 0.496 e. The van der Waals surface area contributed by atoms with Gasteiger partial charge in [0.2, 0.25) is 5.91 Å². The van der Waals surface area contributed by atoms with Gasteiger partial charge in [0.05, 0.1) is 25.0 Å². The topological polar surface area (TPSA) is 133 Å². The summed E-state index contributed by atoms with van der Waals surface area (Å²) in [4.78, 5) is 23.9. The Balaban J connectivity index is 1.33. The summed E-state index contributed by atoms with van der Waals surface area (Å²) in [5.74, 6) is 0.433. The van der Waals surface area contributed by atoms with Crippen molar-refractivity contribution in [3.8, 4) is 22.6 Å². The van der Waals surface area contributed by atoms with Crippen LogP contribution < -0.4 is 20.9 Å². The van der Waals surface area contributed by atoms with Gasteiger partial charge < -0.3 is 20.9 Å². The zero-order valence-electron chi connectivity index (χ0n) is 18.3. The van der Waals surface area contributed by atoms with E-state index in [0.29, 0.717) is 22.6 Å². The zero-order chi connectivity index (χ0) is 23.2. The minimum atomic E-state index is -0.494. The molecule has 3 aromatic rings. The molecule has 2 aliphatic rings. The fourth-order valence-corrected chi connectivity index (χ4v) is 5.53. The van der Waals surface area contributed by atoms with Crippen molar-refractivity contribution in [1.82, 2.24) is 10.2 Å². The average molecular weight is 447 g/mol. The van der Waals surface area contributed by atoms with Crippen molar-refractivity contribution in [3.63, 3.8) is 0 Å². The van der Waals surface area contributed by atoms with E-state index in [4.69, 9.17) is 20.9 Å². The number of nitrogens with two attached hydrogens (primary N) is 2.